The number of alkyl halides is 3. The van der Waals surface area contributed by atoms with Crippen molar-refractivity contribution in [2.75, 3.05) is 31.2 Å². The molecule has 1 aromatic heterocycles. The van der Waals surface area contributed by atoms with Crippen LogP contribution < -0.4 is 10.2 Å². The van der Waals surface area contributed by atoms with Gasteiger partial charge in [-0.2, -0.15) is 13.2 Å². The Morgan fingerprint density at radius 2 is 2.04 bits per heavy atom. The van der Waals surface area contributed by atoms with E-state index in [1.165, 1.54) is 0 Å². The SMILES string of the molecule is O=C(N[C@H]1CCC[C@H](C(F)(F)F)C1)c1cccnc1N1CCOCC1. The summed E-state index contributed by atoms with van der Waals surface area (Å²) in [6, 6.07) is 2.88. The Bertz CT molecular complexity index is 603. The van der Waals surface area contributed by atoms with E-state index >= 15 is 0 Å². The molecule has 0 bridgehead atoms. The fraction of sp³-hybridized carbons (Fsp3) is 0.647. The molecule has 1 aromatic rings. The lowest BCUT2D eigenvalue weighted by Crippen LogP contribution is -2.43. The summed E-state index contributed by atoms with van der Waals surface area (Å²) in [4.78, 5) is 18.9. The van der Waals surface area contributed by atoms with E-state index in [0.717, 1.165) is 0 Å². The highest BCUT2D eigenvalue weighted by Gasteiger charge is 2.42. The Balaban J connectivity index is 1.69. The first-order valence-corrected chi connectivity index (χ1v) is 8.60. The number of nitrogens with one attached hydrogen (secondary N) is 1. The molecular formula is C17H22F3N3O2. The highest BCUT2D eigenvalue weighted by molar-refractivity contribution is 5.99. The van der Waals surface area contributed by atoms with Crippen molar-refractivity contribution in [2.24, 2.45) is 5.92 Å². The summed E-state index contributed by atoms with van der Waals surface area (Å²) in [6.07, 6.45) is -1.45. The van der Waals surface area contributed by atoms with Crippen molar-refractivity contribution in [2.45, 2.75) is 37.9 Å². The number of nitrogens with zero attached hydrogens (tertiary/aromatic N) is 2. The Morgan fingerprint density at radius 1 is 1.28 bits per heavy atom. The molecule has 1 saturated heterocycles. The molecule has 2 fully saturated rings. The van der Waals surface area contributed by atoms with Crippen LogP contribution in [0.4, 0.5) is 19.0 Å². The second-order valence-corrected chi connectivity index (χ2v) is 6.55. The normalized spacial score (nSPS) is 24.8. The van der Waals surface area contributed by atoms with Crippen LogP contribution in [-0.2, 0) is 4.74 Å². The molecule has 2 heterocycles. The van der Waals surface area contributed by atoms with Crippen LogP contribution in [0.5, 0.6) is 0 Å². The number of rotatable bonds is 3. The van der Waals surface area contributed by atoms with Gasteiger partial charge in [-0.3, -0.25) is 4.79 Å². The predicted molar refractivity (Wildman–Crippen MR) is 86.5 cm³/mol. The maximum absolute atomic E-state index is 12.9. The molecule has 0 aromatic carbocycles. The van der Waals surface area contributed by atoms with Crippen molar-refractivity contribution < 1.29 is 22.7 Å². The predicted octanol–water partition coefficient (Wildman–Crippen LogP) is 2.77. The Labute approximate surface area is 144 Å². The second-order valence-electron chi connectivity index (χ2n) is 6.55. The van der Waals surface area contributed by atoms with Gasteiger partial charge in [0.05, 0.1) is 24.7 Å². The Kier molecular flexibility index (Phi) is 5.46. The molecule has 25 heavy (non-hydrogen) atoms. The van der Waals surface area contributed by atoms with E-state index in [2.05, 4.69) is 10.3 Å². The van der Waals surface area contributed by atoms with Crippen LogP contribution in [0.3, 0.4) is 0 Å². The average Bonchev–Trinajstić information content (AvgIpc) is 2.62. The highest BCUT2D eigenvalue weighted by atomic mass is 19.4. The largest absolute Gasteiger partial charge is 0.391 e. The van der Waals surface area contributed by atoms with E-state index in [4.69, 9.17) is 4.74 Å². The minimum atomic E-state index is -4.20. The third-order valence-corrected chi connectivity index (χ3v) is 4.81. The molecule has 0 radical (unpaired) electrons. The summed E-state index contributed by atoms with van der Waals surface area (Å²) < 4.78 is 44.1. The molecule has 5 nitrogen and oxygen atoms in total. The maximum Gasteiger partial charge on any atom is 0.391 e. The number of carbonyl (C=O) groups excluding carboxylic acids is 1. The number of ether oxygens (including phenoxy) is 1. The minimum Gasteiger partial charge on any atom is -0.378 e. The molecule has 1 N–H and O–H groups in total. The molecule has 2 atom stereocenters. The molecule has 2 aliphatic rings. The summed E-state index contributed by atoms with van der Waals surface area (Å²) in [5, 5.41) is 2.78. The van der Waals surface area contributed by atoms with Crippen LogP contribution in [0.2, 0.25) is 0 Å². The van der Waals surface area contributed by atoms with Gasteiger partial charge < -0.3 is 15.0 Å². The van der Waals surface area contributed by atoms with Gasteiger partial charge in [0.2, 0.25) is 0 Å². The molecule has 138 valence electrons. The molecule has 1 aliphatic heterocycles. The van der Waals surface area contributed by atoms with Crippen LogP contribution in [0.15, 0.2) is 18.3 Å². The number of anilines is 1. The number of aromatic nitrogens is 1. The number of carbonyl (C=O) groups is 1. The van der Waals surface area contributed by atoms with Gasteiger partial charge in [-0.1, -0.05) is 6.42 Å². The Morgan fingerprint density at radius 3 is 2.76 bits per heavy atom. The summed E-state index contributed by atoms with van der Waals surface area (Å²) in [6.45, 7) is 2.40. The first kappa shape index (κ1) is 18.0. The molecule has 0 unspecified atom stereocenters. The van der Waals surface area contributed by atoms with E-state index < -0.39 is 18.1 Å². The number of hydrogen-bond donors (Lipinski definition) is 1. The smallest absolute Gasteiger partial charge is 0.378 e. The van der Waals surface area contributed by atoms with Gasteiger partial charge in [-0.15, -0.1) is 0 Å². The number of morpholine rings is 1. The zero-order valence-electron chi connectivity index (χ0n) is 13.9. The lowest BCUT2D eigenvalue weighted by molar-refractivity contribution is -0.183. The van der Waals surface area contributed by atoms with E-state index in [1.807, 2.05) is 4.90 Å². The molecule has 8 heteroatoms. The van der Waals surface area contributed by atoms with Gasteiger partial charge in [0.1, 0.15) is 5.82 Å². The van der Waals surface area contributed by atoms with E-state index in [0.29, 0.717) is 50.5 Å². The van der Waals surface area contributed by atoms with E-state index in [-0.39, 0.29) is 18.7 Å². The maximum atomic E-state index is 12.9. The van der Waals surface area contributed by atoms with Gasteiger partial charge in [-0.05, 0) is 31.4 Å². The van der Waals surface area contributed by atoms with Crippen LogP contribution in [0.25, 0.3) is 0 Å². The zero-order chi connectivity index (χ0) is 17.9. The van der Waals surface area contributed by atoms with E-state index in [1.54, 1.807) is 18.3 Å². The minimum absolute atomic E-state index is 0.0532. The quantitative estimate of drug-likeness (QED) is 0.904. The standard InChI is InChI=1S/C17H22F3N3O2/c18-17(19,20)12-3-1-4-13(11-12)22-16(24)14-5-2-6-21-15(14)23-7-9-25-10-8-23/h2,5-6,12-13H,1,3-4,7-11H2,(H,22,24)/t12-,13-/m0/s1. The van der Waals surface area contributed by atoms with Gasteiger partial charge in [0, 0.05) is 25.3 Å². The topological polar surface area (TPSA) is 54.5 Å². The lowest BCUT2D eigenvalue weighted by atomic mass is 9.85. The van der Waals surface area contributed by atoms with Crippen LogP contribution in [-0.4, -0.2) is 49.4 Å². The van der Waals surface area contributed by atoms with Crippen molar-refractivity contribution in [1.82, 2.24) is 10.3 Å². The first-order valence-electron chi connectivity index (χ1n) is 8.60. The third-order valence-electron chi connectivity index (χ3n) is 4.81. The number of amides is 1. The molecular weight excluding hydrogens is 335 g/mol. The van der Waals surface area contributed by atoms with Crippen molar-refractivity contribution in [3.05, 3.63) is 23.9 Å². The van der Waals surface area contributed by atoms with Crippen LogP contribution in [0.1, 0.15) is 36.0 Å². The monoisotopic (exact) mass is 357 g/mol. The molecule has 0 spiro atoms. The number of hydrogen-bond acceptors (Lipinski definition) is 4. The molecule has 1 amide bonds. The van der Waals surface area contributed by atoms with Crippen molar-refractivity contribution in [3.8, 4) is 0 Å². The first-order chi connectivity index (χ1) is 11.9. The van der Waals surface area contributed by atoms with Crippen molar-refractivity contribution in [1.29, 1.82) is 0 Å². The van der Waals surface area contributed by atoms with Crippen LogP contribution in [0, 0.1) is 5.92 Å². The van der Waals surface area contributed by atoms with E-state index in [9.17, 15) is 18.0 Å². The summed E-state index contributed by atoms with van der Waals surface area (Å²) in [7, 11) is 0. The average molecular weight is 357 g/mol. The van der Waals surface area contributed by atoms with Crippen molar-refractivity contribution >= 4 is 11.7 Å². The van der Waals surface area contributed by atoms with Crippen LogP contribution >= 0.6 is 0 Å². The van der Waals surface area contributed by atoms with Gasteiger partial charge >= 0.3 is 6.18 Å². The molecule has 3 rings (SSSR count). The van der Waals surface area contributed by atoms with Gasteiger partial charge in [0.15, 0.2) is 0 Å². The highest BCUT2D eigenvalue weighted by Crippen LogP contribution is 2.37. The van der Waals surface area contributed by atoms with Crippen molar-refractivity contribution in [3.63, 3.8) is 0 Å². The number of pyridine rings is 1. The lowest BCUT2D eigenvalue weighted by Gasteiger charge is -2.32. The number of halogens is 3. The molecule has 1 saturated carbocycles. The zero-order valence-corrected chi connectivity index (χ0v) is 13.9. The molecule has 1 aliphatic carbocycles. The van der Waals surface area contributed by atoms with Gasteiger partial charge in [0.25, 0.3) is 5.91 Å². The second kappa shape index (κ2) is 7.59. The fourth-order valence-electron chi connectivity index (χ4n) is 3.48. The summed E-state index contributed by atoms with van der Waals surface area (Å²) in [5.41, 5.74) is 0.401. The summed E-state index contributed by atoms with van der Waals surface area (Å²) in [5.74, 6) is -1.13. The third kappa shape index (κ3) is 4.42. The fourth-order valence-corrected chi connectivity index (χ4v) is 3.48. The Hall–Kier alpha value is -1.83. The summed E-state index contributed by atoms with van der Waals surface area (Å²) >= 11 is 0. The van der Waals surface area contributed by atoms with Gasteiger partial charge in [-0.25, -0.2) is 4.98 Å².